The minimum atomic E-state index is -1.12. The first-order chi connectivity index (χ1) is 10.5. The average molecular weight is 321 g/mol. The number of hydrogen-bond acceptors (Lipinski definition) is 5. The Labute approximate surface area is 133 Å². The van der Waals surface area contributed by atoms with Crippen LogP contribution in [0.15, 0.2) is 35.7 Å². The number of para-hydroxylation sites is 1. The molecule has 1 atom stereocenters. The first-order valence-electron chi connectivity index (χ1n) is 6.75. The molecule has 2 rings (SSSR count). The van der Waals surface area contributed by atoms with Gasteiger partial charge >= 0.3 is 0 Å². The Balaban J connectivity index is 2.13. The average Bonchev–Trinajstić information content (AvgIpc) is 3.07. The number of carbonyl (C=O) groups excluding carboxylic acids is 1. The topological polar surface area (TPSA) is 67.8 Å². The second-order valence-corrected chi connectivity index (χ2v) is 5.92. The van der Waals surface area contributed by atoms with E-state index in [0.717, 1.165) is 4.88 Å². The van der Waals surface area contributed by atoms with Crippen LogP contribution >= 0.6 is 11.3 Å². The van der Waals surface area contributed by atoms with Gasteiger partial charge in [-0.25, -0.2) is 0 Å². The number of hydrogen-bond donors (Lipinski definition) is 2. The van der Waals surface area contributed by atoms with Crippen LogP contribution in [0.2, 0.25) is 0 Å². The van der Waals surface area contributed by atoms with E-state index in [2.05, 4.69) is 5.32 Å². The number of methoxy groups -OCH3 is 2. The summed E-state index contributed by atoms with van der Waals surface area (Å²) in [5, 5.41) is 15.1. The smallest absolute Gasteiger partial charge is 0.255 e. The molecular weight excluding hydrogens is 302 g/mol. The molecule has 0 aliphatic heterocycles. The van der Waals surface area contributed by atoms with Crippen molar-refractivity contribution in [1.82, 2.24) is 5.32 Å². The summed E-state index contributed by atoms with van der Waals surface area (Å²) in [7, 11) is 3.00. The Morgan fingerprint density at radius 3 is 2.64 bits per heavy atom. The van der Waals surface area contributed by atoms with Gasteiger partial charge in [-0.3, -0.25) is 4.79 Å². The number of nitrogens with one attached hydrogen (secondary N) is 1. The van der Waals surface area contributed by atoms with Crippen molar-refractivity contribution in [2.24, 2.45) is 0 Å². The molecule has 0 spiro atoms. The highest BCUT2D eigenvalue weighted by Crippen LogP contribution is 2.31. The molecule has 2 aromatic rings. The van der Waals surface area contributed by atoms with E-state index in [0.29, 0.717) is 17.1 Å². The van der Waals surface area contributed by atoms with E-state index < -0.39 is 5.60 Å². The van der Waals surface area contributed by atoms with E-state index in [-0.39, 0.29) is 12.5 Å². The molecule has 6 heteroatoms. The van der Waals surface area contributed by atoms with E-state index in [1.165, 1.54) is 25.6 Å². The van der Waals surface area contributed by atoms with Gasteiger partial charge in [0, 0.05) is 4.88 Å². The van der Waals surface area contributed by atoms with Crippen LogP contribution in [0.1, 0.15) is 22.2 Å². The summed E-state index contributed by atoms with van der Waals surface area (Å²) in [6, 6.07) is 8.78. The third-order valence-corrected chi connectivity index (χ3v) is 4.42. The van der Waals surface area contributed by atoms with E-state index in [1.807, 2.05) is 17.5 Å². The van der Waals surface area contributed by atoms with Crippen molar-refractivity contribution in [3.8, 4) is 11.5 Å². The van der Waals surface area contributed by atoms with Crippen LogP contribution in [0.4, 0.5) is 0 Å². The van der Waals surface area contributed by atoms with Crippen LogP contribution in [0.5, 0.6) is 11.5 Å². The van der Waals surface area contributed by atoms with Crippen LogP contribution < -0.4 is 14.8 Å². The summed E-state index contributed by atoms with van der Waals surface area (Å²) in [6.45, 7) is 1.77. The lowest BCUT2D eigenvalue weighted by Crippen LogP contribution is -2.38. The molecule has 1 amide bonds. The van der Waals surface area contributed by atoms with E-state index in [9.17, 15) is 9.90 Å². The van der Waals surface area contributed by atoms with E-state index in [4.69, 9.17) is 9.47 Å². The zero-order valence-corrected chi connectivity index (χ0v) is 13.6. The number of benzene rings is 1. The third kappa shape index (κ3) is 3.40. The first kappa shape index (κ1) is 16.3. The van der Waals surface area contributed by atoms with Gasteiger partial charge in [-0.2, -0.15) is 0 Å². The highest BCUT2D eigenvalue weighted by atomic mass is 32.1. The fraction of sp³-hybridized carbons (Fsp3) is 0.312. The lowest BCUT2D eigenvalue weighted by molar-refractivity contribution is 0.0555. The van der Waals surface area contributed by atoms with Crippen LogP contribution in [-0.4, -0.2) is 31.8 Å². The third-order valence-electron chi connectivity index (χ3n) is 3.29. The van der Waals surface area contributed by atoms with E-state index in [1.54, 1.807) is 25.1 Å². The van der Waals surface area contributed by atoms with Gasteiger partial charge in [0.05, 0.1) is 26.3 Å². The number of rotatable bonds is 6. The number of carbonyl (C=O) groups is 1. The van der Waals surface area contributed by atoms with Gasteiger partial charge in [-0.1, -0.05) is 12.1 Å². The van der Waals surface area contributed by atoms with E-state index >= 15 is 0 Å². The summed E-state index contributed by atoms with van der Waals surface area (Å²) in [5.74, 6) is 0.533. The van der Waals surface area contributed by atoms with Crippen molar-refractivity contribution in [2.75, 3.05) is 20.8 Å². The maximum absolute atomic E-state index is 12.4. The number of aliphatic hydroxyl groups is 1. The van der Waals surface area contributed by atoms with Crippen LogP contribution in [0.3, 0.4) is 0 Å². The molecule has 5 nitrogen and oxygen atoms in total. The molecule has 1 aromatic carbocycles. The molecule has 0 aliphatic rings. The maximum atomic E-state index is 12.4. The lowest BCUT2D eigenvalue weighted by atomic mass is 10.0. The second kappa shape index (κ2) is 6.81. The minimum absolute atomic E-state index is 0.104. The minimum Gasteiger partial charge on any atom is -0.493 e. The molecule has 0 bridgehead atoms. The number of ether oxygens (including phenoxy) is 2. The van der Waals surface area contributed by atoms with Gasteiger partial charge in [-0.05, 0) is 30.5 Å². The van der Waals surface area contributed by atoms with Crippen LogP contribution in [-0.2, 0) is 5.60 Å². The Morgan fingerprint density at radius 1 is 1.27 bits per heavy atom. The summed E-state index contributed by atoms with van der Waals surface area (Å²) in [4.78, 5) is 13.2. The Morgan fingerprint density at radius 2 is 2.05 bits per heavy atom. The number of amides is 1. The molecule has 118 valence electrons. The summed E-state index contributed by atoms with van der Waals surface area (Å²) in [6.07, 6.45) is 0. The monoisotopic (exact) mass is 321 g/mol. The summed E-state index contributed by atoms with van der Waals surface area (Å²) < 4.78 is 10.4. The maximum Gasteiger partial charge on any atom is 0.255 e. The van der Waals surface area contributed by atoms with Crippen molar-refractivity contribution >= 4 is 17.2 Å². The highest BCUT2D eigenvalue weighted by Gasteiger charge is 2.26. The highest BCUT2D eigenvalue weighted by molar-refractivity contribution is 7.10. The molecular formula is C16H19NO4S. The molecule has 0 aliphatic carbocycles. The van der Waals surface area contributed by atoms with Crippen molar-refractivity contribution in [1.29, 1.82) is 0 Å². The fourth-order valence-electron chi connectivity index (χ4n) is 2.09. The van der Waals surface area contributed by atoms with Crippen LogP contribution in [0, 0.1) is 0 Å². The van der Waals surface area contributed by atoms with Gasteiger partial charge < -0.3 is 19.9 Å². The van der Waals surface area contributed by atoms with Crippen molar-refractivity contribution in [3.05, 3.63) is 46.2 Å². The predicted octanol–water partition coefficient (Wildman–Crippen LogP) is 2.40. The SMILES string of the molecule is COc1cccc(C(=O)NCC(C)(O)c2cccs2)c1OC. The van der Waals surface area contributed by atoms with Gasteiger partial charge in [-0.15, -0.1) is 11.3 Å². The molecule has 0 saturated carbocycles. The van der Waals surface area contributed by atoms with Gasteiger partial charge in [0.2, 0.25) is 0 Å². The molecule has 2 N–H and O–H groups in total. The molecule has 22 heavy (non-hydrogen) atoms. The predicted molar refractivity (Wildman–Crippen MR) is 85.8 cm³/mol. The van der Waals surface area contributed by atoms with Crippen molar-refractivity contribution in [3.63, 3.8) is 0 Å². The Bertz CT molecular complexity index is 638. The quantitative estimate of drug-likeness (QED) is 0.857. The zero-order valence-electron chi connectivity index (χ0n) is 12.8. The zero-order chi connectivity index (χ0) is 16.2. The van der Waals surface area contributed by atoms with Crippen molar-refractivity contribution in [2.45, 2.75) is 12.5 Å². The second-order valence-electron chi connectivity index (χ2n) is 4.97. The van der Waals surface area contributed by atoms with Crippen molar-refractivity contribution < 1.29 is 19.4 Å². The summed E-state index contributed by atoms with van der Waals surface area (Å²) in [5.41, 5.74) is -0.750. The Hall–Kier alpha value is -2.05. The fourth-order valence-corrected chi connectivity index (χ4v) is 2.87. The summed E-state index contributed by atoms with van der Waals surface area (Å²) >= 11 is 1.45. The largest absolute Gasteiger partial charge is 0.493 e. The molecule has 1 heterocycles. The standard InChI is InChI=1S/C16H19NO4S/c1-16(19,13-8-5-9-22-13)10-17-15(18)11-6-4-7-12(20-2)14(11)21-3/h4-9,19H,10H2,1-3H3,(H,17,18). The van der Waals surface area contributed by atoms with Gasteiger partial charge in [0.1, 0.15) is 5.60 Å². The molecule has 0 radical (unpaired) electrons. The van der Waals surface area contributed by atoms with Gasteiger partial charge in [0.25, 0.3) is 5.91 Å². The molecule has 1 aromatic heterocycles. The molecule has 0 fully saturated rings. The molecule has 0 saturated heterocycles. The Kier molecular flexibility index (Phi) is 5.05. The lowest BCUT2D eigenvalue weighted by Gasteiger charge is -2.22. The van der Waals surface area contributed by atoms with Crippen LogP contribution in [0.25, 0.3) is 0 Å². The first-order valence-corrected chi connectivity index (χ1v) is 7.63. The van der Waals surface area contributed by atoms with Gasteiger partial charge in [0.15, 0.2) is 11.5 Å². The molecule has 1 unspecified atom stereocenters. The number of thiophene rings is 1. The normalized spacial score (nSPS) is 13.3.